The third-order valence-corrected chi connectivity index (χ3v) is 11.1. The number of rotatable bonds is 2. The number of allylic oxidation sites excluding steroid dienone is 4. The van der Waals surface area contributed by atoms with Gasteiger partial charge in [0.25, 0.3) is 0 Å². The van der Waals surface area contributed by atoms with E-state index in [1.54, 1.807) is 0 Å². The first-order chi connectivity index (χ1) is 23.8. The summed E-state index contributed by atoms with van der Waals surface area (Å²) in [4.78, 5) is 0. The van der Waals surface area contributed by atoms with Crippen LogP contribution in [0.25, 0.3) is 32.7 Å². The fraction of sp³-hybridized carbons (Fsp3) is 0.213. The number of halogens is 4. The summed E-state index contributed by atoms with van der Waals surface area (Å²) in [5, 5.41) is 6.28. The molecule has 264 valence electrons. The van der Waals surface area contributed by atoms with Crippen molar-refractivity contribution < 1.29 is 49.0 Å². The van der Waals surface area contributed by atoms with Crippen molar-refractivity contribution in [1.29, 1.82) is 0 Å². The van der Waals surface area contributed by atoms with E-state index in [1.165, 1.54) is 82.7 Å². The maximum Gasteiger partial charge on any atom is -0.109 e. The Morgan fingerprint density at radius 1 is 0.654 bits per heavy atom. The van der Waals surface area contributed by atoms with E-state index < -0.39 is 0 Å². The van der Waals surface area contributed by atoms with Gasteiger partial charge >= 0.3 is 166 Å². The van der Waals surface area contributed by atoms with Crippen LogP contribution in [0.3, 0.4) is 0 Å². The smallest absolute Gasteiger partial charge is 0.109 e. The van der Waals surface area contributed by atoms with Gasteiger partial charge in [0.2, 0.25) is 0 Å². The van der Waals surface area contributed by atoms with Crippen molar-refractivity contribution in [2.24, 2.45) is 0 Å². The summed E-state index contributed by atoms with van der Waals surface area (Å²) in [7, 11) is 0. The van der Waals surface area contributed by atoms with E-state index in [1.807, 2.05) is 36.4 Å². The Morgan fingerprint density at radius 2 is 1.19 bits per heavy atom. The minimum Gasteiger partial charge on any atom is -1.00 e. The van der Waals surface area contributed by atoms with Gasteiger partial charge in [-0.05, 0) is 17.4 Å². The van der Waals surface area contributed by atoms with Gasteiger partial charge in [0, 0.05) is 0 Å². The van der Waals surface area contributed by atoms with Crippen LogP contribution in [0.1, 0.15) is 81.3 Å². The standard InChI is InChI=1S/C21H12Cl2.C21H25.C5H5.2ClH.Zr/c22-18-10-14-5-1-3-7-20(14)16(12-18)9-17-13-19(23)11-15-6-2-4-8-21(15)17;1-20(2,3)16-9-7-14-11-15-8-10-17(21(4,5)6)13-19(15)18(14)12-16;1-2-4-5-3-1;;;/h1-8,10-13H;7,9-10,12-13H,11H2,1-6H3;1-3H,4H2;2*1H;/q;2*-1;;;+2/p-2. The predicted octanol–water partition coefficient (Wildman–Crippen LogP) is 7.38. The zero-order chi connectivity index (χ0) is 35.6. The van der Waals surface area contributed by atoms with Crippen molar-refractivity contribution in [2.75, 3.05) is 0 Å². The molecular formula is C47H42Cl4Zr-2. The van der Waals surface area contributed by atoms with Crippen molar-refractivity contribution in [1.82, 2.24) is 0 Å². The Morgan fingerprint density at radius 3 is 1.67 bits per heavy atom. The third kappa shape index (κ3) is 9.66. The SMILES string of the molecule is CC(C)(C)c1c[c-]c2c(c1)-c1cc(C(C)(C)C)ccc1C2.Clc1cc([C](=[Zr+2])c2cc(Cl)cc3ccccc23)c2ccccc2c1.[C-]1=CC=CC1.[Cl-].[Cl-]. The second-order valence-corrected chi connectivity index (χ2v) is 17.2. The van der Waals surface area contributed by atoms with Crippen LogP contribution in [0.15, 0.2) is 121 Å². The van der Waals surface area contributed by atoms with Crippen molar-refractivity contribution in [3.05, 3.63) is 177 Å². The molecule has 6 aromatic carbocycles. The Balaban J connectivity index is 0.000000199. The Hall–Kier alpha value is -2.77. The molecule has 0 atom stereocenters. The quantitative estimate of drug-likeness (QED) is 0.160. The predicted molar refractivity (Wildman–Crippen MR) is 214 cm³/mol. The van der Waals surface area contributed by atoms with Crippen LogP contribution in [0.4, 0.5) is 0 Å². The molecule has 0 heterocycles. The molecule has 0 aromatic heterocycles. The Labute approximate surface area is 347 Å². The average Bonchev–Trinajstić information content (AvgIpc) is 3.78. The summed E-state index contributed by atoms with van der Waals surface area (Å²) in [5.74, 6) is 0. The van der Waals surface area contributed by atoms with E-state index in [-0.39, 0.29) is 35.6 Å². The van der Waals surface area contributed by atoms with Crippen LogP contribution in [0, 0.1) is 12.1 Å². The molecule has 52 heavy (non-hydrogen) atoms. The van der Waals surface area contributed by atoms with Crippen LogP contribution in [-0.4, -0.2) is 3.21 Å². The molecular weight excluding hydrogens is 798 g/mol. The van der Waals surface area contributed by atoms with Gasteiger partial charge in [-0.3, -0.25) is 6.08 Å². The topological polar surface area (TPSA) is 0 Å². The van der Waals surface area contributed by atoms with Crippen LogP contribution in [-0.2, 0) is 41.5 Å². The average molecular weight is 840 g/mol. The fourth-order valence-corrected chi connectivity index (χ4v) is 7.90. The fourth-order valence-electron chi connectivity index (χ4n) is 6.43. The number of fused-ring (bicyclic) bond motifs is 5. The zero-order valence-electron chi connectivity index (χ0n) is 30.5. The van der Waals surface area contributed by atoms with Gasteiger partial charge in [0.05, 0.1) is 0 Å². The molecule has 0 aliphatic heterocycles. The van der Waals surface area contributed by atoms with Gasteiger partial charge in [-0.15, -0.1) is 12.0 Å². The Kier molecular flexibility index (Phi) is 14.2. The number of benzene rings is 6. The van der Waals surface area contributed by atoms with Crippen molar-refractivity contribution in [2.45, 2.75) is 65.2 Å². The second kappa shape index (κ2) is 17.6. The summed E-state index contributed by atoms with van der Waals surface area (Å²) in [6.07, 6.45) is 11.0. The molecule has 0 fully saturated rings. The first kappa shape index (κ1) is 42.0. The van der Waals surface area contributed by atoms with E-state index in [0.717, 1.165) is 33.7 Å². The van der Waals surface area contributed by atoms with Gasteiger partial charge in [0.1, 0.15) is 0 Å². The first-order valence-corrected chi connectivity index (χ1v) is 19.1. The summed E-state index contributed by atoms with van der Waals surface area (Å²) in [6.45, 7) is 13.6. The normalized spacial score (nSPS) is 12.5. The van der Waals surface area contributed by atoms with Crippen LogP contribution < -0.4 is 24.8 Å². The third-order valence-electron chi connectivity index (χ3n) is 9.30. The molecule has 8 rings (SSSR count). The summed E-state index contributed by atoms with van der Waals surface area (Å²) < 4.78 is 1.26. The largest absolute Gasteiger partial charge is 1.00 e. The molecule has 2 aliphatic carbocycles. The molecule has 0 bridgehead atoms. The maximum atomic E-state index is 6.38. The van der Waals surface area contributed by atoms with Crippen molar-refractivity contribution in [3.8, 4) is 11.1 Å². The van der Waals surface area contributed by atoms with Gasteiger partial charge < -0.3 is 24.8 Å². The summed E-state index contributed by atoms with van der Waals surface area (Å²) in [6, 6.07) is 39.9. The van der Waals surface area contributed by atoms with E-state index in [4.69, 9.17) is 23.2 Å². The molecule has 0 radical (unpaired) electrons. The molecule has 0 saturated carbocycles. The van der Waals surface area contributed by atoms with Crippen LogP contribution in [0.5, 0.6) is 0 Å². The van der Waals surface area contributed by atoms with Gasteiger partial charge in [-0.1, -0.05) is 76.3 Å². The minimum atomic E-state index is 0. The Bertz CT molecular complexity index is 2120. The molecule has 0 amide bonds. The molecule has 2 aliphatic rings. The van der Waals surface area contributed by atoms with E-state index >= 15 is 0 Å². The molecule has 0 nitrogen and oxygen atoms in total. The van der Waals surface area contributed by atoms with E-state index in [2.05, 4.69) is 139 Å². The molecule has 0 saturated heterocycles. The minimum absolute atomic E-state index is 0. The maximum absolute atomic E-state index is 6.38. The monoisotopic (exact) mass is 836 g/mol. The number of hydrogen-bond acceptors (Lipinski definition) is 0. The summed E-state index contributed by atoms with van der Waals surface area (Å²) >= 11 is 14.1. The van der Waals surface area contributed by atoms with E-state index in [0.29, 0.717) is 0 Å². The van der Waals surface area contributed by atoms with Gasteiger partial charge in [0.15, 0.2) is 0 Å². The molecule has 0 spiro atoms. The molecule has 0 unspecified atom stereocenters. The second-order valence-electron chi connectivity index (χ2n) is 15.1. The molecule has 0 N–H and O–H groups in total. The first-order valence-electron chi connectivity index (χ1n) is 17.2. The van der Waals surface area contributed by atoms with Crippen molar-refractivity contribution >= 4 is 48.0 Å². The van der Waals surface area contributed by atoms with E-state index in [9.17, 15) is 0 Å². The molecule has 6 aromatic rings. The zero-order valence-corrected chi connectivity index (χ0v) is 36.0. The van der Waals surface area contributed by atoms with Crippen molar-refractivity contribution in [3.63, 3.8) is 0 Å². The van der Waals surface area contributed by atoms with Crippen LogP contribution in [0.2, 0.25) is 10.0 Å². The van der Waals surface area contributed by atoms with Gasteiger partial charge in [-0.25, -0.2) is 12.2 Å². The van der Waals surface area contributed by atoms with Gasteiger partial charge in [-0.2, -0.15) is 35.4 Å². The molecule has 5 heteroatoms. The summed E-state index contributed by atoms with van der Waals surface area (Å²) in [5.41, 5.74) is 11.1. The van der Waals surface area contributed by atoms with Crippen LogP contribution >= 0.6 is 23.2 Å². The number of hydrogen-bond donors (Lipinski definition) is 0.